The van der Waals surface area contributed by atoms with Gasteiger partial charge >= 0.3 is 0 Å². The SMILES string of the molecule is COc1cc(C=Nc2ccc(F)cc2)ccc1N(CCCl)CCCl. The fraction of sp³-hybridized carbons (Fsp3) is 0.278. The quantitative estimate of drug-likeness (QED) is 0.490. The van der Waals surface area contributed by atoms with Crippen LogP contribution in [0.5, 0.6) is 5.75 Å². The first kappa shape index (κ1) is 18.6. The molecule has 0 saturated heterocycles. The van der Waals surface area contributed by atoms with Crippen LogP contribution in [0.3, 0.4) is 0 Å². The molecule has 2 rings (SSSR count). The highest BCUT2D eigenvalue weighted by Crippen LogP contribution is 2.29. The monoisotopic (exact) mass is 368 g/mol. The number of rotatable bonds is 8. The second-order valence-corrected chi connectivity index (χ2v) is 5.79. The van der Waals surface area contributed by atoms with Crippen LogP contribution in [0, 0.1) is 5.82 Å². The van der Waals surface area contributed by atoms with Gasteiger partial charge in [-0.3, -0.25) is 4.99 Å². The molecule has 0 aliphatic heterocycles. The largest absolute Gasteiger partial charge is 0.495 e. The van der Waals surface area contributed by atoms with E-state index in [0.717, 1.165) is 17.0 Å². The van der Waals surface area contributed by atoms with Crippen molar-refractivity contribution in [3.63, 3.8) is 0 Å². The molecule has 0 radical (unpaired) electrons. The van der Waals surface area contributed by atoms with E-state index in [9.17, 15) is 4.39 Å². The number of hydrogen-bond donors (Lipinski definition) is 0. The average molecular weight is 369 g/mol. The van der Waals surface area contributed by atoms with Crippen molar-refractivity contribution in [3.8, 4) is 5.75 Å². The van der Waals surface area contributed by atoms with Crippen molar-refractivity contribution in [2.24, 2.45) is 4.99 Å². The zero-order chi connectivity index (χ0) is 17.4. The van der Waals surface area contributed by atoms with Crippen LogP contribution < -0.4 is 9.64 Å². The van der Waals surface area contributed by atoms with Crippen LogP contribution in [0.2, 0.25) is 0 Å². The Morgan fingerprint density at radius 1 is 1.08 bits per heavy atom. The number of halogens is 3. The highest BCUT2D eigenvalue weighted by molar-refractivity contribution is 6.18. The lowest BCUT2D eigenvalue weighted by molar-refractivity contribution is 0.414. The molecule has 0 bridgehead atoms. The summed E-state index contributed by atoms with van der Waals surface area (Å²) in [5.74, 6) is 1.47. The lowest BCUT2D eigenvalue weighted by Gasteiger charge is -2.25. The molecule has 0 fully saturated rings. The van der Waals surface area contributed by atoms with Gasteiger partial charge in [-0.2, -0.15) is 0 Å². The van der Waals surface area contributed by atoms with Gasteiger partial charge in [0.2, 0.25) is 0 Å². The first-order valence-electron chi connectivity index (χ1n) is 7.52. The molecule has 0 amide bonds. The van der Waals surface area contributed by atoms with Crippen molar-refractivity contribution in [3.05, 3.63) is 53.8 Å². The van der Waals surface area contributed by atoms with Gasteiger partial charge in [-0.15, -0.1) is 23.2 Å². The highest BCUT2D eigenvalue weighted by Gasteiger charge is 2.11. The standard InChI is InChI=1S/C18H19Cl2FN2O/c1-24-18-12-14(13-22-16-5-3-15(21)4-6-16)2-7-17(18)23(10-8-19)11-9-20/h2-7,12-13H,8-11H2,1H3. The summed E-state index contributed by atoms with van der Waals surface area (Å²) in [6, 6.07) is 11.8. The van der Waals surface area contributed by atoms with E-state index in [-0.39, 0.29) is 5.82 Å². The maximum Gasteiger partial charge on any atom is 0.142 e. The topological polar surface area (TPSA) is 24.8 Å². The van der Waals surface area contributed by atoms with Gasteiger partial charge in [0, 0.05) is 31.1 Å². The number of aliphatic imine (C=N–C) groups is 1. The number of benzene rings is 2. The first-order chi connectivity index (χ1) is 11.7. The van der Waals surface area contributed by atoms with Crippen molar-refractivity contribution < 1.29 is 9.13 Å². The summed E-state index contributed by atoms with van der Waals surface area (Å²) in [6.45, 7) is 1.38. The predicted octanol–water partition coefficient (Wildman–Crippen LogP) is 4.87. The molecule has 0 unspecified atom stereocenters. The van der Waals surface area contributed by atoms with Crippen LogP contribution >= 0.6 is 23.2 Å². The van der Waals surface area contributed by atoms with Gasteiger partial charge in [-0.25, -0.2) is 4.39 Å². The van der Waals surface area contributed by atoms with E-state index in [1.807, 2.05) is 18.2 Å². The van der Waals surface area contributed by atoms with E-state index in [4.69, 9.17) is 27.9 Å². The average Bonchev–Trinajstić information content (AvgIpc) is 2.61. The molecule has 128 valence electrons. The molecule has 6 heteroatoms. The van der Waals surface area contributed by atoms with Gasteiger partial charge < -0.3 is 9.64 Å². The molecule has 0 aliphatic carbocycles. The highest BCUT2D eigenvalue weighted by atomic mass is 35.5. The van der Waals surface area contributed by atoms with Crippen molar-refractivity contribution in [1.29, 1.82) is 0 Å². The summed E-state index contributed by atoms with van der Waals surface area (Å²) >= 11 is 11.7. The summed E-state index contributed by atoms with van der Waals surface area (Å²) in [5.41, 5.74) is 2.51. The zero-order valence-corrected chi connectivity index (χ0v) is 14.9. The summed E-state index contributed by atoms with van der Waals surface area (Å²) in [6.07, 6.45) is 1.72. The van der Waals surface area contributed by atoms with Crippen LogP contribution in [0.4, 0.5) is 15.8 Å². The smallest absolute Gasteiger partial charge is 0.142 e. The van der Waals surface area contributed by atoms with Crippen LogP contribution in [-0.4, -0.2) is 38.2 Å². The first-order valence-corrected chi connectivity index (χ1v) is 8.59. The number of nitrogens with zero attached hydrogens (tertiary/aromatic N) is 2. The Morgan fingerprint density at radius 2 is 1.75 bits per heavy atom. The molecular weight excluding hydrogens is 350 g/mol. The van der Waals surface area contributed by atoms with E-state index < -0.39 is 0 Å². The molecule has 3 nitrogen and oxygen atoms in total. The lowest BCUT2D eigenvalue weighted by Crippen LogP contribution is -2.28. The zero-order valence-electron chi connectivity index (χ0n) is 13.4. The number of anilines is 1. The third kappa shape index (κ3) is 5.11. The van der Waals surface area contributed by atoms with Crippen molar-refractivity contribution in [2.45, 2.75) is 0 Å². The van der Waals surface area contributed by atoms with Gasteiger partial charge in [0.25, 0.3) is 0 Å². The van der Waals surface area contributed by atoms with Crippen LogP contribution in [0.25, 0.3) is 0 Å². The Balaban J connectivity index is 2.22. The van der Waals surface area contributed by atoms with Gasteiger partial charge in [0.15, 0.2) is 0 Å². The minimum absolute atomic E-state index is 0.279. The van der Waals surface area contributed by atoms with Gasteiger partial charge in [-0.1, -0.05) is 6.07 Å². The van der Waals surface area contributed by atoms with Gasteiger partial charge in [0.05, 0.1) is 18.5 Å². The summed E-state index contributed by atoms with van der Waals surface area (Å²) in [7, 11) is 1.62. The molecular formula is C18H19Cl2FN2O. The molecule has 0 atom stereocenters. The Kier molecular flexibility index (Phi) is 7.35. The van der Waals surface area contributed by atoms with E-state index in [1.54, 1.807) is 25.5 Å². The van der Waals surface area contributed by atoms with Crippen molar-refractivity contribution in [1.82, 2.24) is 0 Å². The predicted molar refractivity (Wildman–Crippen MR) is 100 cm³/mol. The molecule has 0 heterocycles. The maximum absolute atomic E-state index is 12.9. The molecule has 24 heavy (non-hydrogen) atoms. The Hall–Kier alpha value is -1.78. The fourth-order valence-corrected chi connectivity index (χ4v) is 2.68. The number of hydrogen-bond acceptors (Lipinski definition) is 3. The van der Waals surface area contributed by atoms with Crippen LogP contribution in [0.15, 0.2) is 47.5 Å². The summed E-state index contributed by atoms with van der Waals surface area (Å²) < 4.78 is 18.4. The van der Waals surface area contributed by atoms with E-state index >= 15 is 0 Å². The Bertz CT molecular complexity index is 671. The Morgan fingerprint density at radius 3 is 2.33 bits per heavy atom. The molecule has 0 aliphatic rings. The minimum Gasteiger partial charge on any atom is -0.495 e. The third-order valence-electron chi connectivity index (χ3n) is 3.44. The number of alkyl halides is 2. The number of ether oxygens (including phenoxy) is 1. The van der Waals surface area contributed by atoms with Crippen molar-refractivity contribution in [2.75, 3.05) is 36.9 Å². The van der Waals surface area contributed by atoms with Crippen molar-refractivity contribution >= 4 is 40.8 Å². The third-order valence-corrected chi connectivity index (χ3v) is 3.78. The molecule has 2 aromatic rings. The molecule has 0 spiro atoms. The fourth-order valence-electron chi connectivity index (χ4n) is 2.27. The van der Waals surface area contributed by atoms with Gasteiger partial charge in [0.1, 0.15) is 11.6 Å². The van der Waals surface area contributed by atoms with E-state index in [2.05, 4.69) is 9.89 Å². The number of methoxy groups -OCH3 is 1. The van der Waals surface area contributed by atoms with Gasteiger partial charge in [-0.05, 0) is 42.0 Å². The minimum atomic E-state index is -0.279. The molecule has 2 aromatic carbocycles. The summed E-state index contributed by atoms with van der Waals surface area (Å²) in [5, 5.41) is 0. The Labute approximate surface area is 151 Å². The summed E-state index contributed by atoms with van der Waals surface area (Å²) in [4.78, 5) is 6.42. The van der Waals surface area contributed by atoms with E-state index in [0.29, 0.717) is 30.5 Å². The second kappa shape index (κ2) is 9.50. The normalized spacial score (nSPS) is 11.0. The molecule has 0 saturated carbocycles. The van der Waals surface area contributed by atoms with Crippen LogP contribution in [0.1, 0.15) is 5.56 Å². The second-order valence-electron chi connectivity index (χ2n) is 5.03. The maximum atomic E-state index is 12.9. The lowest BCUT2D eigenvalue weighted by atomic mass is 10.2. The van der Waals surface area contributed by atoms with E-state index in [1.165, 1.54) is 12.1 Å². The molecule has 0 N–H and O–H groups in total. The van der Waals surface area contributed by atoms with Crippen LogP contribution in [-0.2, 0) is 0 Å². The molecule has 0 aromatic heterocycles.